The van der Waals surface area contributed by atoms with E-state index in [0.29, 0.717) is 17.9 Å². The van der Waals surface area contributed by atoms with Crippen LogP contribution >= 0.6 is 12.4 Å². The molecule has 0 heterocycles. The van der Waals surface area contributed by atoms with E-state index in [4.69, 9.17) is 5.73 Å². The van der Waals surface area contributed by atoms with Gasteiger partial charge < -0.3 is 5.73 Å². The highest BCUT2D eigenvalue weighted by molar-refractivity contribution is 5.85. The number of hydrogen-bond acceptors (Lipinski definition) is 4. The smallest absolute Gasteiger partial charge is 0.269 e. The molecule has 0 bridgehead atoms. The van der Waals surface area contributed by atoms with Crippen LogP contribution in [0, 0.1) is 10.1 Å². The van der Waals surface area contributed by atoms with Gasteiger partial charge in [-0.05, 0) is 36.1 Å². The first-order chi connectivity index (χ1) is 10.1. The Hall–Kier alpha value is -2.24. The van der Waals surface area contributed by atoms with E-state index in [-0.39, 0.29) is 18.1 Å². The van der Waals surface area contributed by atoms with E-state index in [1.165, 1.54) is 35.4 Å². The summed E-state index contributed by atoms with van der Waals surface area (Å²) in [6.45, 7) is 0. The molecule has 0 aliphatic heterocycles. The van der Waals surface area contributed by atoms with Gasteiger partial charge >= 0.3 is 0 Å². The third-order valence-electron chi connectivity index (χ3n) is 3.32. The van der Waals surface area contributed by atoms with Gasteiger partial charge in [-0.15, -0.1) is 12.4 Å². The number of halogens is 1. The van der Waals surface area contributed by atoms with Crippen molar-refractivity contribution in [2.24, 2.45) is 5.73 Å². The fourth-order valence-corrected chi connectivity index (χ4v) is 2.27. The summed E-state index contributed by atoms with van der Waals surface area (Å²) in [5, 5.41) is 10.1. The van der Waals surface area contributed by atoms with Crippen LogP contribution in [0.1, 0.15) is 21.5 Å². The highest BCUT2D eigenvalue weighted by atomic mass is 35.5. The molecule has 0 fully saturated rings. The Morgan fingerprint density at radius 1 is 1.05 bits per heavy atom. The molecular weight excluding hydrogens is 304 g/mol. The average Bonchev–Trinajstić information content (AvgIpc) is 2.88. The average molecular weight is 321 g/mol. The van der Waals surface area contributed by atoms with Crippen molar-refractivity contribution in [1.29, 1.82) is 0 Å². The molecule has 0 spiro atoms. The number of nitrogens with two attached hydrogens (primary N) is 1. The second-order valence-electron chi connectivity index (χ2n) is 4.90. The van der Waals surface area contributed by atoms with Crippen LogP contribution in [0.4, 0.5) is 5.69 Å². The molecule has 0 atom stereocenters. The van der Waals surface area contributed by atoms with Crippen LogP contribution in [0.2, 0.25) is 0 Å². The first kappa shape index (κ1) is 17.8. The number of rotatable bonds is 2. The minimum Gasteiger partial charge on any atom is -0.327 e. The number of nitro benzene ring substituents is 1. The lowest BCUT2D eigenvalue weighted by molar-refractivity contribution is -0.384. The molecule has 0 saturated carbocycles. The lowest BCUT2D eigenvalue weighted by Gasteiger charge is -1.94. The van der Waals surface area contributed by atoms with E-state index in [9.17, 15) is 14.9 Å². The maximum atomic E-state index is 10.1. The third kappa shape index (κ3) is 4.65. The summed E-state index contributed by atoms with van der Waals surface area (Å²) in [5.41, 5.74) is 9.10. The van der Waals surface area contributed by atoms with Gasteiger partial charge in [0.15, 0.2) is 0 Å². The van der Waals surface area contributed by atoms with Crippen LogP contribution in [0.3, 0.4) is 0 Å². The molecule has 0 saturated heterocycles. The molecule has 2 N–H and O–H groups in total. The monoisotopic (exact) mass is 320 g/mol. The quantitative estimate of drug-likeness (QED) is 0.523. The molecule has 2 aromatic carbocycles. The first-order valence-electron chi connectivity index (χ1n) is 6.62. The highest BCUT2D eigenvalue weighted by Gasteiger charge is 2.16. The van der Waals surface area contributed by atoms with E-state index >= 15 is 0 Å². The number of fused-ring (bicyclic) bond motifs is 1. The minimum absolute atomic E-state index is 0. The topological polar surface area (TPSA) is 86.2 Å². The zero-order valence-corrected chi connectivity index (χ0v) is 12.7. The van der Waals surface area contributed by atoms with E-state index in [0.717, 1.165) is 12.8 Å². The number of benzene rings is 2. The van der Waals surface area contributed by atoms with Crippen LogP contribution in [-0.2, 0) is 12.8 Å². The Morgan fingerprint density at radius 2 is 1.55 bits per heavy atom. The van der Waals surface area contributed by atoms with E-state index < -0.39 is 4.92 Å². The van der Waals surface area contributed by atoms with Gasteiger partial charge in [-0.3, -0.25) is 14.9 Å². The number of carbonyl (C=O) groups is 1. The summed E-state index contributed by atoms with van der Waals surface area (Å²) < 4.78 is 0. The molecule has 5 nitrogen and oxygen atoms in total. The number of hydrogen-bond donors (Lipinski definition) is 1. The molecule has 2 aromatic rings. The lowest BCUT2D eigenvalue weighted by Crippen LogP contribution is -2.18. The molecular formula is C16H17ClN2O3. The molecule has 0 unspecified atom stereocenters. The summed E-state index contributed by atoms with van der Waals surface area (Å²) in [6, 6.07) is 14.3. The predicted octanol–water partition coefficient (Wildman–Crippen LogP) is 2.94. The van der Waals surface area contributed by atoms with Crippen LogP contribution in [0.25, 0.3) is 0 Å². The largest absolute Gasteiger partial charge is 0.327 e. The SMILES string of the molecule is Cl.NC1Cc2ccccc2C1.O=Cc1ccc([N+](=O)[O-])cc1. The Labute approximate surface area is 134 Å². The van der Waals surface area contributed by atoms with Gasteiger partial charge in [-0.25, -0.2) is 0 Å². The van der Waals surface area contributed by atoms with Crippen LogP contribution in [0.5, 0.6) is 0 Å². The molecule has 1 aliphatic rings. The van der Waals surface area contributed by atoms with Crippen molar-refractivity contribution < 1.29 is 9.72 Å². The summed E-state index contributed by atoms with van der Waals surface area (Å²) in [7, 11) is 0. The van der Waals surface area contributed by atoms with Gasteiger partial charge in [0.2, 0.25) is 0 Å². The zero-order valence-electron chi connectivity index (χ0n) is 11.8. The standard InChI is InChI=1S/C9H11N.C7H5NO3.ClH/c10-9-5-7-3-1-2-4-8(7)6-9;9-5-6-1-3-7(4-2-6)8(10)11;/h1-4,9H,5-6,10H2;1-5H;1H. The minimum atomic E-state index is -0.505. The van der Waals surface area contributed by atoms with Crippen molar-refractivity contribution in [3.63, 3.8) is 0 Å². The Balaban J connectivity index is 0.000000211. The van der Waals surface area contributed by atoms with Gasteiger partial charge in [0, 0.05) is 23.7 Å². The number of aldehydes is 1. The number of nitro groups is 1. The number of non-ortho nitro benzene ring substituents is 1. The van der Waals surface area contributed by atoms with Gasteiger partial charge in [0.25, 0.3) is 5.69 Å². The van der Waals surface area contributed by atoms with Crippen LogP contribution in [0.15, 0.2) is 48.5 Å². The Morgan fingerprint density at radius 3 is 1.95 bits per heavy atom. The normalized spacial score (nSPS) is 12.4. The number of carbonyl (C=O) groups excluding carboxylic acids is 1. The first-order valence-corrected chi connectivity index (χ1v) is 6.62. The van der Waals surface area contributed by atoms with Gasteiger partial charge in [-0.2, -0.15) is 0 Å². The Bertz CT molecular complexity index is 619. The van der Waals surface area contributed by atoms with Crippen molar-refractivity contribution in [2.75, 3.05) is 0 Å². The van der Waals surface area contributed by atoms with Crippen molar-refractivity contribution in [3.8, 4) is 0 Å². The molecule has 116 valence electrons. The summed E-state index contributed by atoms with van der Waals surface area (Å²) in [4.78, 5) is 19.7. The van der Waals surface area contributed by atoms with Crippen molar-refractivity contribution in [3.05, 3.63) is 75.3 Å². The van der Waals surface area contributed by atoms with Gasteiger partial charge in [0.1, 0.15) is 6.29 Å². The van der Waals surface area contributed by atoms with Crippen molar-refractivity contribution in [1.82, 2.24) is 0 Å². The van der Waals surface area contributed by atoms with Gasteiger partial charge in [-0.1, -0.05) is 24.3 Å². The molecule has 1 aliphatic carbocycles. The highest BCUT2D eigenvalue weighted by Crippen LogP contribution is 2.19. The molecule has 6 heteroatoms. The van der Waals surface area contributed by atoms with Crippen LogP contribution < -0.4 is 5.73 Å². The fourth-order valence-electron chi connectivity index (χ4n) is 2.27. The van der Waals surface area contributed by atoms with Crippen molar-refractivity contribution >= 4 is 24.4 Å². The predicted molar refractivity (Wildman–Crippen MR) is 87.6 cm³/mol. The maximum Gasteiger partial charge on any atom is 0.269 e. The molecule has 22 heavy (non-hydrogen) atoms. The summed E-state index contributed by atoms with van der Waals surface area (Å²) in [6.07, 6.45) is 2.77. The molecule has 0 aromatic heterocycles. The maximum absolute atomic E-state index is 10.1. The molecule has 0 radical (unpaired) electrons. The van der Waals surface area contributed by atoms with Gasteiger partial charge in [0.05, 0.1) is 4.92 Å². The summed E-state index contributed by atoms with van der Waals surface area (Å²) >= 11 is 0. The molecule has 0 amide bonds. The zero-order chi connectivity index (χ0) is 15.2. The third-order valence-corrected chi connectivity index (χ3v) is 3.32. The second kappa shape index (κ2) is 8.26. The lowest BCUT2D eigenvalue weighted by atomic mass is 10.1. The van der Waals surface area contributed by atoms with E-state index in [2.05, 4.69) is 24.3 Å². The summed E-state index contributed by atoms with van der Waals surface area (Å²) in [5.74, 6) is 0. The molecule has 3 rings (SSSR count). The van der Waals surface area contributed by atoms with Crippen molar-refractivity contribution in [2.45, 2.75) is 18.9 Å². The van der Waals surface area contributed by atoms with E-state index in [1.54, 1.807) is 0 Å². The van der Waals surface area contributed by atoms with E-state index in [1.807, 2.05) is 0 Å². The number of nitrogens with zero attached hydrogens (tertiary/aromatic N) is 1. The second-order valence-corrected chi connectivity index (χ2v) is 4.90. The Kier molecular flexibility index (Phi) is 6.69. The van der Waals surface area contributed by atoms with Crippen LogP contribution in [-0.4, -0.2) is 17.3 Å². The fraction of sp³-hybridized carbons (Fsp3) is 0.188.